The van der Waals surface area contributed by atoms with E-state index >= 15 is 0 Å². The van der Waals surface area contributed by atoms with Crippen molar-refractivity contribution >= 4 is 50.7 Å². The standard InChI is InChI=1S/C36H37Cl2N3O4S/c37-29-22-20-28(21-23-29)25-40(34(24-27-12-4-1-5-13-27)36(43)39-30-14-6-2-7-15-30)35(42)26-41(33-19-11-10-18-32(33)38)46(44,45)31-16-8-3-9-17-31/h1,3-5,8-13,16-23,30,34H,2,6-7,14-15,24-26H2,(H,39,43)/t34-/m0/s1. The topological polar surface area (TPSA) is 86.8 Å². The maximum Gasteiger partial charge on any atom is 0.264 e. The minimum absolute atomic E-state index is 0.0165. The van der Waals surface area contributed by atoms with Gasteiger partial charge in [0.2, 0.25) is 11.8 Å². The molecule has 240 valence electrons. The van der Waals surface area contributed by atoms with Crippen molar-refractivity contribution in [2.24, 2.45) is 0 Å². The largest absolute Gasteiger partial charge is 0.352 e. The number of sulfonamides is 1. The number of benzene rings is 4. The first-order valence-corrected chi connectivity index (χ1v) is 17.6. The lowest BCUT2D eigenvalue weighted by Gasteiger charge is -2.35. The number of para-hydroxylation sites is 1. The Morgan fingerprint density at radius 3 is 2.02 bits per heavy atom. The van der Waals surface area contributed by atoms with E-state index in [-0.39, 0.29) is 40.5 Å². The number of nitrogens with zero attached hydrogens (tertiary/aromatic N) is 2. The number of hydrogen-bond donors (Lipinski definition) is 1. The van der Waals surface area contributed by atoms with Gasteiger partial charge >= 0.3 is 0 Å². The van der Waals surface area contributed by atoms with Gasteiger partial charge in [0.25, 0.3) is 10.0 Å². The van der Waals surface area contributed by atoms with Gasteiger partial charge in [-0.25, -0.2) is 8.42 Å². The molecule has 1 aliphatic carbocycles. The third-order valence-corrected chi connectivity index (χ3v) is 10.6. The van der Waals surface area contributed by atoms with Crippen molar-refractivity contribution in [2.75, 3.05) is 10.8 Å². The first-order chi connectivity index (χ1) is 22.2. The molecule has 1 saturated carbocycles. The van der Waals surface area contributed by atoms with E-state index < -0.39 is 28.5 Å². The van der Waals surface area contributed by atoms with Crippen LogP contribution in [0.15, 0.2) is 114 Å². The SMILES string of the molecule is O=C(NC1CCCCC1)[C@H](Cc1ccccc1)N(Cc1ccc(Cl)cc1)C(=O)CN(c1ccccc1Cl)S(=O)(=O)c1ccccc1. The number of nitrogens with one attached hydrogen (secondary N) is 1. The fourth-order valence-corrected chi connectivity index (χ4v) is 7.64. The van der Waals surface area contributed by atoms with Crippen LogP contribution < -0.4 is 9.62 Å². The van der Waals surface area contributed by atoms with Crippen molar-refractivity contribution in [2.45, 2.75) is 62.0 Å². The normalized spacial score (nSPS) is 14.3. The van der Waals surface area contributed by atoms with Gasteiger partial charge in [-0.15, -0.1) is 0 Å². The molecule has 0 spiro atoms. The van der Waals surface area contributed by atoms with E-state index in [4.69, 9.17) is 23.2 Å². The van der Waals surface area contributed by atoms with Crippen LogP contribution >= 0.6 is 23.2 Å². The molecule has 1 atom stereocenters. The van der Waals surface area contributed by atoms with Crippen molar-refractivity contribution < 1.29 is 18.0 Å². The molecule has 5 rings (SSSR count). The summed E-state index contributed by atoms with van der Waals surface area (Å²) in [5.74, 6) is -0.817. The van der Waals surface area contributed by atoms with Gasteiger partial charge in [0.1, 0.15) is 12.6 Å². The minimum atomic E-state index is -4.23. The van der Waals surface area contributed by atoms with Crippen molar-refractivity contribution in [3.05, 3.63) is 130 Å². The van der Waals surface area contributed by atoms with Crippen LogP contribution in [0.25, 0.3) is 0 Å². The highest BCUT2D eigenvalue weighted by Crippen LogP contribution is 2.31. The Balaban J connectivity index is 1.56. The number of hydrogen-bond acceptors (Lipinski definition) is 4. The summed E-state index contributed by atoms with van der Waals surface area (Å²) in [5, 5.41) is 3.93. The van der Waals surface area contributed by atoms with Gasteiger partial charge in [-0.3, -0.25) is 13.9 Å². The van der Waals surface area contributed by atoms with Gasteiger partial charge in [-0.1, -0.05) is 115 Å². The highest BCUT2D eigenvalue weighted by Gasteiger charge is 2.36. The third-order valence-electron chi connectivity index (χ3n) is 8.22. The molecule has 46 heavy (non-hydrogen) atoms. The van der Waals surface area contributed by atoms with Gasteiger partial charge in [-0.05, 0) is 60.4 Å². The molecule has 0 heterocycles. The number of halogens is 2. The molecule has 0 bridgehead atoms. The zero-order chi connectivity index (χ0) is 32.5. The Labute approximate surface area is 281 Å². The zero-order valence-corrected chi connectivity index (χ0v) is 27.7. The molecule has 1 N–H and O–H groups in total. The second kappa shape index (κ2) is 15.6. The Kier molecular flexibility index (Phi) is 11.4. The van der Waals surface area contributed by atoms with Crippen LogP contribution in [0.4, 0.5) is 5.69 Å². The lowest BCUT2D eigenvalue weighted by molar-refractivity contribution is -0.140. The number of rotatable bonds is 12. The summed E-state index contributed by atoms with van der Waals surface area (Å²) < 4.78 is 29.2. The van der Waals surface area contributed by atoms with E-state index in [9.17, 15) is 18.0 Å². The number of carbonyl (C=O) groups is 2. The van der Waals surface area contributed by atoms with E-state index in [1.807, 2.05) is 30.3 Å². The van der Waals surface area contributed by atoms with Gasteiger partial charge in [0.15, 0.2) is 0 Å². The Hall–Kier alpha value is -3.85. The summed E-state index contributed by atoms with van der Waals surface area (Å²) in [7, 11) is -4.23. The first-order valence-electron chi connectivity index (χ1n) is 15.4. The quantitative estimate of drug-likeness (QED) is 0.171. The van der Waals surface area contributed by atoms with Gasteiger partial charge in [0, 0.05) is 24.0 Å². The smallest absolute Gasteiger partial charge is 0.264 e. The van der Waals surface area contributed by atoms with Crippen LogP contribution in [0, 0.1) is 0 Å². The van der Waals surface area contributed by atoms with Crippen molar-refractivity contribution in [3.63, 3.8) is 0 Å². The molecule has 1 aliphatic rings. The lowest BCUT2D eigenvalue weighted by Crippen LogP contribution is -2.55. The number of anilines is 1. The van der Waals surface area contributed by atoms with Gasteiger partial charge in [0.05, 0.1) is 15.6 Å². The van der Waals surface area contributed by atoms with E-state index in [2.05, 4.69) is 5.32 Å². The summed E-state index contributed by atoms with van der Waals surface area (Å²) >= 11 is 12.7. The van der Waals surface area contributed by atoms with E-state index in [0.717, 1.165) is 47.5 Å². The summed E-state index contributed by atoms with van der Waals surface area (Å²) in [4.78, 5) is 30.2. The molecule has 1 fully saturated rings. The molecule has 0 saturated heterocycles. The molecule has 0 aromatic heterocycles. The highest BCUT2D eigenvalue weighted by atomic mass is 35.5. The van der Waals surface area contributed by atoms with Crippen molar-refractivity contribution in [3.8, 4) is 0 Å². The summed E-state index contributed by atoms with van der Waals surface area (Å²) in [6, 6.07) is 30.1. The van der Waals surface area contributed by atoms with Crippen LogP contribution in [0.1, 0.15) is 43.2 Å². The predicted octanol–water partition coefficient (Wildman–Crippen LogP) is 7.28. The Morgan fingerprint density at radius 1 is 0.761 bits per heavy atom. The molecular weight excluding hydrogens is 641 g/mol. The highest BCUT2D eigenvalue weighted by molar-refractivity contribution is 7.92. The zero-order valence-electron chi connectivity index (χ0n) is 25.4. The molecule has 10 heteroatoms. The van der Waals surface area contributed by atoms with Crippen LogP contribution in [-0.2, 0) is 32.6 Å². The maximum atomic E-state index is 14.6. The maximum absolute atomic E-state index is 14.6. The van der Waals surface area contributed by atoms with Crippen LogP contribution in [0.5, 0.6) is 0 Å². The second-order valence-electron chi connectivity index (χ2n) is 11.5. The average Bonchev–Trinajstić information content (AvgIpc) is 3.07. The first kappa shape index (κ1) is 33.5. The van der Waals surface area contributed by atoms with E-state index in [1.54, 1.807) is 66.7 Å². The molecule has 7 nitrogen and oxygen atoms in total. The van der Waals surface area contributed by atoms with Crippen LogP contribution in [0.3, 0.4) is 0 Å². The van der Waals surface area contributed by atoms with Crippen molar-refractivity contribution in [1.82, 2.24) is 10.2 Å². The minimum Gasteiger partial charge on any atom is -0.352 e. The summed E-state index contributed by atoms with van der Waals surface area (Å²) in [6.45, 7) is -0.510. The summed E-state index contributed by atoms with van der Waals surface area (Å²) in [6.07, 6.45) is 5.21. The second-order valence-corrected chi connectivity index (χ2v) is 14.2. The van der Waals surface area contributed by atoms with Gasteiger partial charge in [-0.2, -0.15) is 0 Å². The van der Waals surface area contributed by atoms with Crippen LogP contribution in [0.2, 0.25) is 10.0 Å². The molecular formula is C36H37Cl2N3O4S. The fourth-order valence-electron chi connectivity index (χ4n) is 5.77. The summed E-state index contributed by atoms with van der Waals surface area (Å²) in [5.41, 5.74) is 1.79. The Bertz CT molecular complexity index is 1720. The Morgan fingerprint density at radius 2 is 1.37 bits per heavy atom. The molecule has 4 aromatic rings. The molecule has 0 radical (unpaired) electrons. The van der Waals surface area contributed by atoms with E-state index in [1.165, 1.54) is 17.0 Å². The number of carbonyl (C=O) groups excluding carboxylic acids is 2. The lowest BCUT2D eigenvalue weighted by atomic mass is 9.94. The monoisotopic (exact) mass is 677 g/mol. The predicted molar refractivity (Wildman–Crippen MR) is 183 cm³/mol. The molecule has 2 amide bonds. The van der Waals surface area contributed by atoms with Gasteiger partial charge < -0.3 is 10.2 Å². The van der Waals surface area contributed by atoms with E-state index in [0.29, 0.717) is 5.02 Å². The number of amides is 2. The third kappa shape index (κ3) is 8.49. The van der Waals surface area contributed by atoms with Crippen molar-refractivity contribution in [1.29, 1.82) is 0 Å². The molecule has 0 unspecified atom stereocenters. The van der Waals surface area contributed by atoms with Crippen LogP contribution in [-0.4, -0.2) is 43.8 Å². The molecule has 4 aromatic carbocycles. The fraction of sp³-hybridized carbons (Fsp3) is 0.278. The average molecular weight is 679 g/mol. The molecule has 0 aliphatic heterocycles.